The van der Waals surface area contributed by atoms with Crippen LogP contribution >= 0.6 is 0 Å². The lowest BCUT2D eigenvalue weighted by atomic mass is 10.1. The molecule has 2 aromatic rings. The largest absolute Gasteiger partial charge is 0.476 e. The molecule has 1 aromatic heterocycles. The quantitative estimate of drug-likeness (QED) is 0.913. The van der Waals surface area contributed by atoms with Crippen molar-refractivity contribution in [3.63, 3.8) is 0 Å². The van der Waals surface area contributed by atoms with Gasteiger partial charge in [0.1, 0.15) is 5.75 Å². The van der Waals surface area contributed by atoms with Crippen molar-refractivity contribution in [1.82, 2.24) is 9.97 Å². The summed E-state index contributed by atoms with van der Waals surface area (Å²) < 4.78 is 5.56. The molecule has 0 atom stereocenters. The fourth-order valence-corrected chi connectivity index (χ4v) is 2.23. The molecule has 1 heterocycles. The van der Waals surface area contributed by atoms with E-state index in [1.165, 1.54) is 29.9 Å². The van der Waals surface area contributed by atoms with Gasteiger partial charge < -0.3 is 9.84 Å². The highest BCUT2D eigenvalue weighted by Gasteiger charge is 2.12. The summed E-state index contributed by atoms with van der Waals surface area (Å²) in [5.74, 6) is -0.262. The highest BCUT2D eigenvalue weighted by Crippen LogP contribution is 2.28. The van der Waals surface area contributed by atoms with Gasteiger partial charge in [-0.3, -0.25) is 4.98 Å². The van der Waals surface area contributed by atoms with Crippen LogP contribution in [0.5, 0.6) is 11.6 Å². The number of carboxylic acid groups (broad SMARTS) is 1. The van der Waals surface area contributed by atoms with Crippen LogP contribution in [0.3, 0.4) is 0 Å². The van der Waals surface area contributed by atoms with Crippen LogP contribution in [-0.2, 0) is 12.8 Å². The molecule has 0 bridgehead atoms. The van der Waals surface area contributed by atoms with Gasteiger partial charge in [0, 0.05) is 0 Å². The molecule has 0 fully saturated rings. The number of carbonyl (C=O) groups is 1. The zero-order valence-corrected chi connectivity index (χ0v) is 10.2. The van der Waals surface area contributed by atoms with Gasteiger partial charge >= 0.3 is 5.97 Å². The van der Waals surface area contributed by atoms with Gasteiger partial charge in [0.25, 0.3) is 0 Å². The Kier molecular flexibility index (Phi) is 2.87. The Morgan fingerprint density at radius 2 is 2.05 bits per heavy atom. The first kappa shape index (κ1) is 11.6. The monoisotopic (exact) mass is 256 g/mol. The minimum Gasteiger partial charge on any atom is -0.476 e. The molecule has 3 rings (SSSR count). The number of aryl methyl sites for hydroxylation is 2. The lowest BCUT2D eigenvalue weighted by Crippen LogP contribution is -2.02. The maximum absolute atomic E-state index is 10.8. The van der Waals surface area contributed by atoms with Crippen molar-refractivity contribution in [1.29, 1.82) is 0 Å². The van der Waals surface area contributed by atoms with E-state index in [2.05, 4.69) is 9.97 Å². The second-order valence-corrected chi connectivity index (χ2v) is 4.43. The fourth-order valence-electron chi connectivity index (χ4n) is 2.23. The van der Waals surface area contributed by atoms with Gasteiger partial charge in [-0.15, -0.1) is 0 Å². The molecule has 1 aliphatic carbocycles. The maximum atomic E-state index is 10.8. The second-order valence-electron chi connectivity index (χ2n) is 4.43. The Morgan fingerprint density at radius 3 is 2.89 bits per heavy atom. The van der Waals surface area contributed by atoms with Crippen LogP contribution in [0.1, 0.15) is 28.0 Å². The zero-order chi connectivity index (χ0) is 13.2. The van der Waals surface area contributed by atoms with Gasteiger partial charge in [0.2, 0.25) is 5.88 Å². The molecule has 19 heavy (non-hydrogen) atoms. The van der Waals surface area contributed by atoms with E-state index >= 15 is 0 Å². The lowest BCUT2D eigenvalue weighted by Gasteiger charge is -2.06. The summed E-state index contributed by atoms with van der Waals surface area (Å²) in [5.41, 5.74) is 2.52. The molecule has 1 aromatic carbocycles. The standard InChI is InChI=1S/C14H12N2O3/c17-14(18)12-7-15-8-13(16-12)19-11-5-4-9-2-1-3-10(9)6-11/h4-8H,1-3H2,(H,17,18). The zero-order valence-electron chi connectivity index (χ0n) is 10.2. The molecule has 0 amide bonds. The smallest absolute Gasteiger partial charge is 0.356 e. The Labute approximate surface area is 109 Å². The molecule has 1 N–H and O–H groups in total. The number of carboxylic acids is 1. The number of benzene rings is 1. The second kappa shape index (κ2) is 4.68. The molecule has 0 saturated carbocycles. The van der Waals surface area contributed by atoms with Crippen molar-refractivity contribution >= 4 is 5.97 Å². The number of aromatic carboxylic acids is 1. The van der Waals surface area contributed by atoms with Crippen LogP contribution < -0.4 is 4.74 Å². The van der Waals surface area contributed by atoms with Crippen LogP contribution in [0.4, 0.5) is 0 Å². The van der Waals surface area contributed by atoms with Crippen LogP contribution in [0.2, 0.25) is 0 Å². The first-order chi connectivity index (χ1) is 9.22. The van der Waals surface area contributed by atoms with Crippen LogP contribution in [-0.4, -0.2) is 21.0 Å². The lowest BCUT2D eigenvalue weighted by molar-refractivity contribution is 0.0689. The third-order valence-corrected chi connectivity index (χ3v) is 3.12. The molecule has 1 aliphatic rings. The Morgan fingerprint density at radius 1 is 1.21 bits per heavy atom. The normalized spacial score (nSPS) is 13.1. The molecular formula is C14H12N2O3. The van der Waals surface area contributed by atoms with E-state index in [4.69, 9.17) is 9.84 Å². The summed E-state index contributed by atoms with van der Waals surface area (Å²) in [6, 6.07) is 5.91. The van der Waals surface area contributed by atoms with Gasteiger partial charge in [0.05, 0.1) is 12.4 Å². The maximum Gasteiger partial charge on any atom is 0.356 e. The van der Waals surface area contributed by atoms with E-state index in [0.29, 0.717) is 5.75 Å². The van der Waals surface area contributed by atoms with Gasteiger partial charge in [0.15, 0.2) is 5.69 Å². The average Bonchev–Trinajstić information content (AvgIpc) is 2.86. The number of ether oxygens (including phenoxy) is 1. The Balaban J connectivity index is 1.85. The fraction of sp³-hybridized carbons (Fsp3) is 0.214. The van der Waals surface area contributed by atoms with Gasteiger partial charge in [-0.05, 0) is 42.5 Å². The van der Waals surface area contributed by atoms with Crippen molar-refractivity contribution < 1.29 is 14.6 Å². The number of fused-ring (bicyclic) bond motifs is 1. The van der Waals surface area contributed by atoms with E-state index in [1.54, 1.807) is 0 Å². The van der Waals surface area contributed by atoms with Crippen LogP contribution in [0.25, 0.3) is 0 Å². The van der Waals surface area contributed by atoms with Gasteiger partial charge in [-0.2, -0.15) is 0 Å². The number of hydrogen-bond donors (Lipinski definition) is 1. The summed E-state index contributed by atoms with van der Waals surface area (Å²) in [5, 5.41) is 8.84. The average molecular weight is 256 g/mol. The summed E-state index contributed by atoms with van der Waals surface area (Å²) in [7, 11) is 0. The SMILES string of the molecule is O=C(O)c1cncc(Oc2ccc3c(c2)CCC3)n1. The number of rotatable bonds is 3. The Hall–Kier alpha value is -2.43. The Bertz CT molecular complexity index is 640. The summed E-state index contributed by atoms with van der Waals surface area (Å²) in [6.45, 7) is 0. The first-order valence-electron chi connectivity index (χ1n) is 6.07. The van der Waals surface area contributed by atoms with Crippen molar-refractivity contribution in [3.05, 3.63) is 47.4 Å². The van der Waals surface area contributed by atoms with E-state index in [0.717, 1.165) is 12.8 Å². The van der Waals surface area contributed by atoms with Crippen molar-refractivity contribution in [2.45, 2.75) is 19.3 Å². The van der Waals surface area contributed by atoms with E-state index in [-0.39, 0.29) is 11.6 Å². The van der Waals surface area contributed by atoms with Crippen LogP contribution in [0, 0.1) is 0 Å². The number of nitrogens with zero attached hydrogens (tertiary/aromatic N) is 2. The summed E-state index contributed by atoms with van der Waals surface area (Å²) >= 11 is 0. The third kappa shape index (κ3) is 2.40. The van der Waals surface area contributed by atoms with E-state index < -0.39 is 5.97 Å². The minimum absolute atomic E-state index is 0.126. The summed E-state index contributed by atoms with van der Waals surface area (Å²) in [4.78, 5) is 18.5. The van der Waals surface area contributed by atoms with E-state index in [9.17, 15) is 4.79 Å². The highest BCUT2D eigenvalue weighted by molar-refractivity contribution is 5.84. The van der Waals surface area contributed by atoms with Gasteiger partial charge in [-0.25, -0.2) is 9.78 Å². The molecule has 96 valence electrons. The summed E-state index contributed by atoms with van der Waals surface area (Å²) in [6.07, 6.45) is 5.95. The first-order valence-corrected chi connectivity index (χ1v) is 6.07. The molecule has 5 nitrogen and oxygen atoms in total. The molecule has 0 saturated heterocycles. The molecule has 0 spiro atoms. The minimum atomic E-state index is -1.12. The van der Waals surface area contributed by atoms with Crippen molar-refractivity contribution in [2.24, 2.45) is 0 Å². The number of aromatic nitrogens is 2. The van der Waals surface area contributed by atoms with Crippen LogP contribution in [0.15, 0.2) is 30.6 Å². The third-order valence-electron chi connectivity index (χ3n) is 3.12. The molecule has 5 heteroatoms. The molecule has 0 aliphatic heterocycles. The van der Waals surface area contributed by atoms with Gasteiger partial charge in [-0.1, -0.05) is 6.07 Å². The van der Waals surface area contributed by atoms with E-state index in [1.807, 2.05) is 18.2 Å². The number of hydrogen-bond acceptors (Lipinski definition) is 4. The molecular weight excluding hydrogens is 244 g/mol. The molecule has 0 unspecified atom stereocenters. The van der Waals surface area contributed by atoms with Crippen molar-refractivity contribution in [3.8, 4) is 11.6 Å². The predicted octanol–water partition coefficient (Wildman–Crippen LogP) is 2.46. The molecule has 0 radical (unpaired) electrons. The predicted molar refractivity (Wildman–Crippen MR) is 67.5 cm³/mol. The van der Waals surface area contributed by atoms with Crippen molar-refractivity contribution in [2.75, 3.05) is 0 Å². The highest BCUT2D eigenvalue weighted by atomic mass is 16.5. The topological polar surface area (TPSA) is 72.3 Å².